The third kappa shape index (κ3) is 3.24. The van der Waals surface area contributed by atoms with Gasteiger partial charge in [0.1, 0.15) is 6.23 Å². The summed E-state index contributed by atoms with van der Waals surface area (Å²) in [6.07, 6.45) is 4.22. The number of hydrogen-bond acceptors (Lipinski definition) is 2. The van der Waals surface area contributed by atoms with E-state index in [2.05, 4.69) is 52.2 Å². The van der Waals surface area contributed by atoms with E-state index in [1.54, 1.807) is 0 Å². The van der Waals surface area contributed by atoms with Crippen LogP contribution in [0.15, 0.2) is 73.1 Å². The lowest BCUT2D eigenvalue weighted by Crippen LogP contribution is -2.23. The van der Waals surface area contributed by atoms with Crippen LogP contribution < -0.4 is 0 Å². The summed E-state index contributed by atoms with van der Waals surface area (Å²) in [7, 11) is 0. The monoisotopic (exact) mass is 338 g/mol. The molecule has 0 spiro atoms. The number of halogens is 1. The molecule has 1 aromatic heterocycles. The fourth-order valence-corrected chi connectivity index (χ4v) is 3.25. The number of ether oxygens (including phenoxy) is 1. The van der Waals surface area contributed by atoms with Gasteiger partial charge in [0.25, 0.3) is 0 Å². The van der Waals surface area contributed by atoms with E-state index in [9.17, 15) is 0 Å². The van der Waals surface area contributed by atoms with Crippen LogP contribution in [0.3, 0.4) is 0 Å². The van der Waals surface area contributed by atoms with Crippen molar-refractivity contribution in [1.82, 2.24) is 9.47 Å². The van der Waals surface area contributed by atoms with E-state index < -0.39 is 0 Å². The van der Waals surface area contributed by atoms with Gasteiger partial charge < -0.3 is 9.30 Å². The second-order valence-corrected chi connectivity index (χ2v) is 6.44. The molecular formula is C20H19ClN2O. The first-order valence-electron chi connectivity index (χ1n) is 8.13. The van der Waals surface area contributed by atoms with E-state index in [1.165, 1.54) is 11.1 Å². The van der Waals surface area contributed by atoms with Gasteiger partial charge in [-0.1, -0.05) is 41.9 Å². The molecule has 3 aromatic rings. The molecule has 0 amide bonds. The molecule has 24 heavy (non-hydrogen) atoms. The van der Waals surface area contributed by atoms with Gasteiger partial charge in [0.2, 0.25) is 0 Å². The Bertz CT molecular complexity index is 798. The average molecular weight is 339 g/mol. The highest BCUT2D eigenvalue weighted by Crippen LogP contribution is 2.29. The van der Waals surface area contributed by atoms with Gasteiger partial charge in [-0.3, -0.25) is 4.90 Å². The highest BCUT2D eigenvalue weighted by molar-refractivity contribution is 6.30. The van der Waals surface area contributed by atoms with Gasteiger partial charge in [-0.2, -0.15) is 0 Å². The Hall–Kier alpha value is -2.07. The van der Waals surface area contributed by atoms with Crippen LogP contribution in [0, 0.1) is 0 Å². The summed E-state index contributed by atoms with van der Waals surface area (Å²) in [6.45, 7) is 2.62. The van der Waals surface area contributed by atoms with Crippen molar-refractivity contribution in [2.24, 2.45) is 0 Å². The van der Waals surface area contributed by atoms with Crippen LogP contribution in [0.5, 0.6) is 0 Å². The first kappa shape index (κ1) is 15.5. The molecule has 1 aliphatic heterocycles. The van der Waals surface area contributed by atoms with E-state index >= 15 is 0 Å². The molecule has 1 aliphatic rings. The predicted molar refractivity (Wildman–Crippen MR) is 96.3 cm³/mol. The lowest BCUT2D eigenvalue weighted by molar-refractivity contribution is 0.0288. The molecule has 1 unspecified atom stereocenters. The van der Waals surface area contributed by atoms with Crippen molar-refractivity contribution in [3.05, 3.63) is 89.2 Å². The standard InChI is InChI=1S/C20H19ClN2O/c21-18-6-8-19(9-7-18)22-11-10-17(15-22)20-23(12-13-24-20)14-16-4-2-1-3-5-16/h1-11,15,20H,12-14H2. The highest BCUT2D eigenvalue weighted by Gasteiger charge is 2.27. The van der Waals surface area contributed by atoms with E-state index in [1.807, 2.05) is 30.3 Å². The zero-order valence-corrected chi connectivity index (χ0v) is 14.1. The van der Waals surface area contributed by atoms with Crippen molar-refractivity contribution >= 4 is 11.6 Å². The van der Waals surface area contributed by atoms with Crippen molar-refractivity contribution in [3.8, 4) is 5.69 Å². The molecular weight excluding hydrogens is 320 g/mol. The Morgan fingerprint density at radius 2 is 1.79 bits per heavy atom. The fourth-order valence-electron chi connectivity index (χ4n) is 3.12. The number of benzene rings is 2. The Labute approximate surface area is 147 Å². The molecule has 0 N–H and O–H groups in total. The molecule has 0 bridgehead atoms. The molecule has 1 fully saturated rings. The molecule has 3 nitrogen and oxygen atoms in total. The van der Waals surface area contributed by atoms with Crippen LogP contribution in [0.25, 0.3) is 5.69 Å². The van der Waals surface area contributed by atoms with Crippen molar-refractivity contribution < 1.29 is 4.74 Å². The SMILES string of the molecule is Clc1ccc(-n2ccc(C3OCCN3Cc3ccccc3)c2)cc1. The van der Waals surface area contributed by atoms with Crippen LogP contribution >= 0.6 is 11.6 Å². The molecule has 4 heteroatoms. The summed E-state index contributed by atoms with van der Waals surface area (Å²) >= 11 is 5.97. The predicted octanol–water partition coefficient (Wildman–Crippen LogP) is 4.66. The molecule has 0 saturated carbocycles. The maximum Gasteiger partial charge on any atom is 0.138 e. The molecule has 4 rings (SSSR count). The second-order valence-electron chi connectivity index (χ2n) is 6.01. The number of rotatable bonds is 4. The lowest BCUT2D eigenvalue weighted by Gasteiger charge is -2.22. The van der Waals surface area contributed by atoms with Gasteiger partial charge in [-0.25, -0.2) is 0 Å². The van der Waals surface area contributed by atoms with Crippen LogP contribution in [-0.4, -0.2) is 22.6 Å². The second kappa shape index (κ2) is 6.81. The number of aromatic nitrogens is 1. The van der Waals surface area contributed by atoms with E-state index in [0.29, 0.717) is 0 Å². The first-order valence-corrected chi connectivity index (χ1v) is 8.51. The topological polar surface area (TPSA) is 17.4 Å². The summed E-state index contributed by atoms with van der Waals surface area (Å²) < 4.78 is 8.09. The Balaban J connectivity index is 1.53. The quantitative estimate of drug-likeness (QED) is 0.688. The number of hydrogen-bond donors (Lipinski definition) is 0. The van der Waals surface area contributed by atoms with E-state index in [4.69, 9.17) is 16.3 Å². The van der Waals surface area contributed by atoms with Crippen LogP contribution in [0.1, 0.15) is 17.4 Å². The normalized spacial score (nSPS) is 18.1. The van der Waals surface area contributed by atoms with Crippen molar-refractivity contribution in [3.63, 3.8) is 0 Å². The summed E-state index contributed by atoms with van der Waals surface area (Å²) in [4.78, 5) is 2.37. The summed E-state index contributed by atoms with van der Waals surface area (Å²) in [6, 6.07) is 20.5. The first-order chi connectivity index (χ1) is 11.8. The number of nitrogens with zero attached hydrogens (tertiary/aromatic N) is 2. The third-order valence-corrected chi connectivity index (χ3v) is 4.59. The highest BCUT2D eigenvalue weighted by atomic mass is 35.5. The zero-order valence-electron chi connectivity index (χ0n) is 13.3. The smallest absolute Gasteiger partial charge is 0.138 e. The zero-order chi connectivity index (χ0) is 16.4. The summed E-state index contributed by atoms with van der Waals surface area (Å²) in [5, 5.41) is 0.749. The maximum absolute atomic E-state index is 5.98. The van der Waals surface area contributed by atoms with Gasteiger partial charge in [-0.15, -0.1) is 0 Å². The van der Waals surface area contributed by atoms with Gasteiger partial charge in [-0.05, 0) is 35.9 Å². The molecule has 122 valence electrons. The van der Waals surface area contributed by atoms with Gasteiger partial charge in [0, 0.05) is 41.8 Å². The Morgan fingerprint density at radius 1 is 1.00 bits per heavy atom. The summed E-state index contributed by atoms with van der Waals surface area (Å²) in [5.41, 5.74) is 3.58. The van der Waals surface area contributed by atoms with E-state index in [0.717, 1.165) is 30.4 Å². The van der Waals surface area contributed by atoms with Crippen molar-refractivity contribution in [2.45, 2.75) is 12.8 Å². The third-order valence-electron chi connectivity index (χ3n) is 4.34. The molecule has 1 saturated heterocycles. The molecule has 0 radical (unpaired) electrons. The van der Waals surface area contributed by atoms with Gasteiger partial charge in [0.05, 0.1) is 6.61 Å². The summed E-state index contributed by atoms with van der Waals surface area (Å²) in [5.74, 6) is 0. The van der Waals surface area contributed by atoms with Crippen LogP contribution in [0.2, 0.25) is 5.02 Å². The molecule has 2 heterocycles. The molecule has 1 atom stereocenters. The Kier molecular flexibility index (Phi) is 4.39. The Morgan fingerprint density at radius 3 is 2.58 bits per heavy atom. The lowest BCUT2D eigenvalue weighted by atomic mass is 10.2. The van der Waals surface area contributed by atoms with Crippen molar-refractivity contribution in [2.75, 3.05) is 13.2 Å². The minimum absolute atomic E-state index is 0.0127. The van der Waals surface area contributed by atoms with Crippen molar-refractivity contribution in [1.29, 1.82) is 0 Å². The average Bonchev–Trinajstić information content (AvgIpc) is 3.25. The van der Waals surface area contributed by atoms with Crippen LogP contribution in [-0.2, 0) is 11.3 Å². The minimum atomic E-state index is 0.0127. The fraction of sp³-hybridized carbons (Fsp3) is 0.200. The molecule has 2 aromatic carbocycles. The van der Waals surface area contributed by atoms with Gasteiger partial charge >= 0.3 is 0 Å². The van der Waals surface area contributed by atoms with Crippen LogP contribution in [0.4, 0.5) is 0 Å². The molecule has 0 aliphatic carbocycles. The maximum atomic E-state index is 5.98. The van der Waals surface area contributed by atoms with E-state index in [-0.39, 0.29) is 6.23 Å². The van der Waals surface area contributed by atoms with Gasteiger partial charge in [0.15, 0.2) is 0 Å². The largest absolute Gasteiger partial charge is 0.357 e. The minimum Gasteiger partial charge on any atom is -0.357 e.